The molecule has 0 saturated carbocycles. The smallest absolute Gasteiger partial charge is 0.264 e. The van der Waals surface area contributed by atoms with Crippen molar-refractivity contribution in [2.75, 3.05) is 18.6 Å². The Kier molecular flexibility index (Phi) is 8.44. The molecule has 3 rings (SSSR count). The molecule has 1 aliphatic heterocycles. The van der Waals surface area contributed by atoms with E-state index in [0.717, 1.165) is 24.8 Å². The van der Waals surface area contributed by atoms with Gasteiger partial charge in [0.2, 0.25) is 0 Å². The lowest BCUT2D eigenvalue weighted by molar-refractivity contribution is 0.294. The maximum Gasteiger partial charge on any atom is 0.264 e. The lowest BCUT2D eigenvalue weighted by Gasteiger charge is -2.36. The van der Waals surface area contributed by atoms with Gasteiger partial charge in [-0.15, -0.1) is 0 Å². The summed E-state index contributed by atoms with van der Waals surface area (Å²) in [6.45, 7) is 4.12. The molecule has 0 spiro atoms. The summed E-state index contributed by atoms with van der Waals surface area (Å²) >= 11 is 0. The van der Waals surface area contributed by atoms with Gasteiger partial charge in [0.1, 0.15) is 5.75 Å². The van der Waals surface area contributed by atoms with Gasteiger partial charge >= 0.3 is 0 Å². The third-order valence-electron chi connectivity index (χ3n) is 6.64. The van der Waals surface area contributed by atoms with Crippen LogP contribution in [0, 0.1) is 0 Å². The number of aryl methyl sites for hydroxylation is 1. The molecule has 7 nitrogen and oxygen atoms in total. The Labute approximate surface area is 203 Å². The van der Waals surface area contributed by atoms with Crippen molar-refractivity contribution in [2.24, 2.45) is 0 Å². The minimum atomic E-state index is -4.10. The highest BCUT2D eigenvalue weighted by atomic mass is 32.2. The first-order chi connectivity index (χ1) is 16.0. The number of rotatable bonds is 10. The van der Waals surface area contributed by atoms with Gasteiger partial charge in [-0.25, -0.2) is 8.42 Å². The summed E-state index contributed by atoms with van der Waals surface area (Å²) in [5, 5.41) is 3.73. The Morgan fingerprint density at radius 1 is 1.15 bits per heavy atom. The van der Waals surface area contributed by atoms with Gasteiger partial charge in [0.15, 0.2) is 9.84 Å². The van der Waals surface area contributed by atoms with Crippen molar-refractivity contribution in [1.82, 2.24) is 5.32 Å². The predicted octanol–water partition coefficient (Wildman–Crippen LogP) is 4.32. The summed E-state index contributed by atoms with van der Waals surface area (Å²) in [5.41, 5.74) is 1.63. The maximum absolute atomic E-state index is 13.8. The summed E-state index contributed by atoms with van der Waals surface area (Å²) in [7, 11) is -6.24. The molecule has 0 fully saturated rings. The van der Waals surface area contributed by atoms with Gasteiger partial charge in [0, 0.05) is 5.54 Å². The molecule has 0 amide bonds. The second kappa shape index (κ2) is 10.8. The lowest BCUT2D eigenvalue weighted by Crippen LogP contribution is -2.50. The van der Waals surface area contributed by atoms with Crippen LogP contribution in [0.1, 0.15) is 68.7 Å². The van der Waals surface area contributed by atoms with Gasteiger partial charge in [-0.3, -0.25) is 9.87 Å². The van der Waals surface area contributed by atoms with Gasteiger partial charge in [-0.1, -0.05) is 57.0 Å². The fourth-order valence-corrected chi connectivity index (χ4v) is 7.44. The molecule has 2 N–H and O–H groups in total. The second-order valence-electron chi connectivity index (χ2n) is 9.08. The SMILES string of the molecule is CCCC[C@]1(CC)CS(=O)(=O)c2cc(CCCS(=O)(=O)O)c(OC)cc2[C@@H](c2ccccc2)N1. The highest BCUT2D eigenvalue weighted by Crippen LogP contribution is 2.41. The van der Waals surface area contributed by atoms with Gasteiger partial charge in [-0.05, 0) is 54.5 Å². The molecular formula is C25H35NO6S2. The Morgan fingerprint density at radius 3 is 2.44 bits per heavy atom. The molecule has 0 saturated heterocycles. The maximum atomic E-state index is 13.8. The van der Waals surface area contributed by atoms with Crippen molar-refractivity contribution in [2.45, 2.75) is 68.8 Å². The van der Waals surface area contributed by atoms with Crippen LogP contribution < -0.4 is 10.1 Å². The molecule has 188 valence electrons. The third-order valence-corrected chi connectivity index (χ3v) is 9.40. The first-order valence-electron chi connectivity index (χ1n) is 11.8. The summed E-state index contributed by atoms with van der Waals surface area (Å²) < 4.78 is 64.6. The van der Waals surface area contributed by atoms with E-state index in [1.807, 2.05) is 37.3 Å². The van der Waals surface area contributed by atoms with E-state index in [-0.39, 0.29) is 29.5 Å². The molecule has 0 aromatic heterocycles. The monoisotopic (exact) mass is 509 g/mol. The number of sulfone groups is 1. The van der Waals surface area contributed by atoms with E-state index in [1.165, 1.54) is 7.11 Å². The summed E-state index contributed by atoms with van der Waals surface area (Å²) in [6.07, 6.45) is 3.72. The number of fused-ring (bicyclic) bond motifs is 1. The quantitative estimate of drug-likeness (QED) is 0.459. The van der Waals surface area contributed by atoms with Crippen LogP contribution in [0.5, 0.6) is 5.75 Å². The number of benzene rings is 2. The van der Waals surface area contributed by atoms with Gasteiger partial charge < -0.3 is 4.74 Å². The molecule has 0 aliphatic carbocycles. The highest BCUT2D eigenvalue weighted by Gasteiger charge is 2.42. The zero-order chi connectivity index (χ0) is 25.0. The van der Waals surface area contributed by atoms with E-state index in [2.05, 4.69) is 12.2 Å². The number of ether oxygens (including phenoxy) is 1. The molecule has 1 aliphatic rings. The number of methoxy groups -OCH3 is 1. The molecule has 9 heteroatoms. The highest BCUT2D eigenvalue weighted by molar-refractivity contribution is 7.91. The van der Waals surface area contributed by atoms with E-state index in [4.69, 9.17) is 9.29 Å². The number of hydrogen-bond acceptors (Lipinski definition) is 6. The molecule has 0 bridgehead atoms. The van der Waals surface area contributed by atoms with Gasteiger partial charge in [0.05, 0.1) is 29.6 Å². The van der Waals surface area contributed by atoms with Crippen LogP contribution in [0.15, 0.2) is 47.4 Å². The predicted molar refractivity (Wildman–Crippen MR) is 134 cm³/mol. The van der Waals surface area contributed by atoms with E-state index in [9.17, 15) is 16.8 Å². The summed E-state index contributed by atoms with van der Waals surface area (Å²) in [5.74, 6) is 0.0953. The fraction of sp³-hybridized carbons (Fsp3) is 0.520. The number of nitrogens with one attached hydrogen (secondary N) is 1. The van der Waals surface area contributed by atoms with Crippen LogP contribution >= 0.6 is 0 Å². The van der Waals surface area contributed by atoms with Crippen LogP contribution in [-0.4, -0.2) is 45.5 Å². The minimum absolute atomic E-state index is 0.0103. The van der Waals surface area contributed by atoms with Gasteiger partial charge in [-0.2, -0.15) is 8.42 Å². The average Bonchev–Trinajstić information content (AvgIpc) is 2.89. The Hall–Kier alpha value is -1.94. The van der Waals surface area contributed by atoms with Crippen molar-refractivity contribution in [3.05, 3.63) is 59.2 Å². The van der Waals surface area contributed by atoms with Crippen LogP contribution in [0.4, 0.5) is 0 Å². The Bertz CT molecular complexity index is 1200. The average molecular weight is 510 g/mol. The van der Waals surface area contributed by atoms with Crippen LogP contribution in [0.2, 0.25) is 0 Å². The lowest BCUT2D eigenvalue weighted by atomic mass is 9.87. The zero-order valence-corrected chi connectivity index (χ0v) is 21.7. The fourth-order valence-electron chi connectivity index (χ4n) is 4.76. The first kappa shape index (κ1) is 26.7. The zero-order valence-electron chi connectivity index (χ0n) is 20.1. The van der Waals surface area contributed by atoms with Crippen molar-refractivity contribution in [1.29, 1.82) is 0 Å². The van der Waals surface area contributed by atoms with Crippen molar-refractivity contribution in [3.63, 3.8) is 0 Å². The molecule has 0 radical (unpaired) electrons. The summed E-state index contributed by atoms with van der Waals surface area (Å²) in [6, 6.07) is 12.9. The molecule has 1 heterocycles. The Balaban J connectivity index is 2.17. The largest absolute Gasteiger partial charge is 0.496 e. The van der Waals surface area contributed by atoms with Crippen molar-refractivity contribution >= 4 is 20.0 Å². The number of hydrogen-bond donors (Lipinski definition) is 2. The van der Waals surface area contributed by atoms with Crippen molar-refractivity contribution in [3.8, 4) is 5.75 Å². The third kappa shape index (κ3) is 6.19. The van der Waals surface area contributed by atoms with Crippen LogP contribution in [0.3, 0.4) is 0 Å². The molecule has 2 aromatic rings. The van der Waals surface area contributed by atoms with E-state index < -0.39 is 31.2 Å². The Morgan fingerprint density at radius 2 is 1.85 bits per heavy atom. The summed E-state index contributed by atoms with van der Waals surface area (Å²) in [4.78, 5) is 0.253. The van der Waals surface area contributed by atoms with E-state index in [0.29, 0.717) is 23.3 Å². The normalized spacial score (nSPS) is 22.1. The van der Waals surface area contributed by atoms with Crippen LogP contribution in [-0.2, 0) is 26.4 Å². The molecular weight excluding hydrogens is 474 g/mol. The van der Waals surface area contributed by atoms with Crippen molar-refractivity contribution < 1.29 is 26.1 Å². The minimum Gasteiger partial charge on any atom is -0.496 e. The second-order valence-corrected chi connectivity index (χ2v) is 12.6. The molecule has 0 unspecified atom stereocenters. The first-order valence-corrected chi connectivity index (χ1v) is 15.0. The number of unbranched alkanes of at least 4 members (excludes halogenated alkanes) is 1. The van der Waals surface area contributed by atoms with E-state index >= 15 is 0 Å². The van der Waals surface area contributed by atoms with E-state index in [1.54, 1.807) is 12.1 Å². The molecule has 34 heavy (non-hydrogen) atoms. The molecule has 2 aromatic carbocycles. The van der Waals surface area contributed by atoms with Crippen LogP contribution in [0.25, 0.3) is 0 Å². The molecule has 2 atom stereocenters. The topological polar surface area (TPSA) is 110 Å². The standard InChI is InChI=1S/C25H35NO6S2/c1-4-6-14-25(5-2)18-33(27,28)23-16-20(13-10-15-34(29,30)31)22(32-3)17-21(23)24(26-25)19-11-8-7-9-12-19/h7-9,11-12,16-17,24,26H,4-6,10,13-15,18H2,1-3H3,(H,29,30,31)/t24-,25-/m1/s1. The van der Waals surface area contributed by atoms with Gasteiger partial charge in [0.25, 0.3) is 10.1 Å².